The average molecular weight is 553 g/mol. The number of ether oxygens (including phenoxy) is 1. The van der Waals surface area contributed by atoms with E-state index in [9.17, 15) is 4.21 Å². The minimum atomic E-state index is -0.715. The summed E-state index contributed by atoms with van der Waals surface area (Å²) in [6.07, 6.45) is 6.81. The SMILES string of the molecule is CCS(=O)C1CCCC(NC(=NCCN2CCOCC2)NCCc2ccco2)C1.I. The molecule has 0 bridgehead atoms. The zero-order valence-electron chi connectivity index (χ0n) is 18.0. The highest BCUT2D eigenvalue weighted by atomic mass is 127. The van der Waals surface area contributed by atoms with Crippen molar-refractivity contribution >= 4 is 40.7 Å². The van der Waals surface area contributed by atoms with Gasteiger partial charge in [-0.25, -0.2) is 0 Å². The lowest BCUT2D eigenvalue weighted by atomic mass is 9.95. The van der Waals surface area contributed by atoms with Crippen molar-refractivity contribution in [3.05, 3.63) is 24.2 Å². The molecule has 1 aliphatic carbocycles. The van der Waals surface area contributed by atoms with Gasteiger partial charge in [-0.3, -0.25) is 14.1 Å². The van der Waals surface area contributed by atoms with Gasteiger partial charge < -0.3 is 19.8 Å². The average Bonchev–Trinajstić information content (AvgIpc) is 3.27. The predicted molar refractivity (Wildman–Crippen MR) is 133 cm³/mol. The number of aliphatic imine (C=N–C) groups is 1. The minimum absolute atomic E-state index is 0. The van der Waals surface area contributed by atoms with Gasteiger partial charge in [-0.05, 0) is 31.4 Å². The van der Waals surface area contributed by atoms with Gasteiger partial charge in [-0.15, -0.1) is 24.0 Å². The number of hydrogen-bond acceptors (Lipinski definition) is 5. The van der Waals surface area contributed by atoms with E-state index in [0.29, 0.717) is 11.3 Å². The van der Waals surface area contributed by atoms with Gasteiger partial charge in [0, 0.05) is 60.4 Å². The molecule has 3 unspecified atom stereocenters. The second-order valence-electron chi connectivity index (χ2n) is 7.74. The van der Waals surface area contributed by atoms with Gasteiger partial charge >= 0.3 is 0 Å². The molecule has 3 atom stereocenters. The molecule has 1 aromatic rings. The zero-order valence-corrected chi connectivity index (χ0v) is 21.2. The van der Waals surface area contributed by atoms with Gasteiger partial charge in [-0.2, -0.15) is 0 Å². The van der Waals surface area contributed by atoms with Crippen LogP contribution in [-0.4, -0.2) is 78.1 Å². The van der Waals surface area contributed by atoms with Crippen molar-refractivity contribution in [2.24, 2.45) is 4.99 Å². The fourth-order valence-corrected chi connectivity index (χ4v) is 5.33. The molecule has 2 N–H and O–H groups in total. The molecule has 2 aliphatic rings. The Morgan fingerprint density at radius 2 is 2.17 bits per heavy atom. The molecule has 0 amide bonds. The van der Waals surface area contributed by atoms with Crippen LogP contribution in [0.3, 0.4) is 0 Å². The van der Waals surface area contributed by atoms with E-state index in [1.54, 1.807) is 6.26 Å². The number of guanidine groups is 1. The smallest absolute Gasteiger partial charge is 0.191 e. The number of nitrogens with zero attached hydrogens (tertiary/aromatic N) is 2. The fourth-order valence-electron chi connectivity index (χ4n) is 3.98. The fraction of sp³-hybridized carbons (Fsp3) is 0.762. The van der Waals surface area contributed by atoms with E-state index in [4.69, 9.17) is 14.1 Å². The van der Waals surface area contributed by atoms with Crippen LogP contribution in [0.15, 0.2) is 27.8 Å². The van der Waals surface area contributed by atoms with E-state index in [-0.39, 0.29) is 24.0 Å². The van der Waals surface area contributed by atoms with Crippen LogP contribution in [0.4, 0.5) is 0 Å². The Balaban J connectivity index is 0.00000320. The summed E-state index contributed by atoms with van der Waals surface area (Å²) in [6.45, 7) is 8.08. The predicted octanol–water partition coefficient (Wildman–Crippen LogP) is 2.39. The van der Waals surface area contributed by atoms with E-state index in [1.165, 1.54) is 0 Å². The number of hydrogen-bond donors (Lipinski definition) is 2. The summed E-state index contributed by atoms with van der Waals surface area (Å²) >= 11 is 0. The Kier molecular flexibility index (Phi) is 12.3. The van der Waals surface area contributed by atoms with Crippen LogP contribution in [0.25, 0.3) is 0 Å². The quantitative estimate of drug-likeness (QED) is 0.279. The van der Waals surface area contributed by atoms with Gasteiger partial charge in [0.05, 0.1) is 26.0 Å². The lowest BCUT2D eigenvalue weighted by molar-refractivity contribution is 0.0394. The molecule has 172 valence electrons. The third kappa shape index (κ3) is 8.84. The summed E-state index contributed by atoms with van der Waals surface area (Å²) in [5.74, 6) is 2.58. The monoisotopic (exact) mass is 552 g/mol. The molecule has 1 saturated heterocycles. The molecule has 3 rings (SSSR count). The van der Waals surface area contributed by atoms with Crippen molar-refractivity contribution in [1.29, 1.82) is 0 Å². The number of halogens is 1. The zero-order chi connectivity index (χ0) is 20.3. The van der Waals surface area contributed by atoms with Crippen LogP contribution < -0.4 is 10.6 Å². The van der Waals surface area contributed by atoms with Gasteiger partial charge in [0.2, 0.25) is 0 Å². The number of rotatable bonds is 9. The maximum Gasteiger partial charge on any atom is 0.191 e. The van der Waals surface area contributed by atoms with Crippen LogP contribution in [0.2, 0.25) is 0 Å². The summed E-state index contributed by atoms with van der Waals surface area (Å²) in [5, 5.41) is 7.38. The van der Waals surface area contributed by atoms with E-state index in [0.717, 1.165) is 95.5 Å². The summed E-state index contributed by atoms with van der Waals surface area (Å²) in [6, 6.07) is 4.25. The van der Waals surface area contributed by atoms with Crippen molar-refractivity contribution < 1.29 is 13.4 Å². The van der Waals surface area contributed by atoms with Crippen LogP contribution in [0, 0.1) is 0 Å². The highest BCUT2D eigenvalue weighted by Gasteiger charge is 2.26. The Hall–Kier alpha value is -0.650. The molecule has 2 heterocycles. The van der Waals surface area contributed by atoms with Crippen LogP contribution in [0.5, 0.6) is 0 Å². The normalized spacial score (nSPS) is 24.1. The third-order valence-corrected chi connectivity index (χ3v) is 7.40. The molecule has 9 heteroatoms. The van der Waals surface area contributed by atoms with E-state index >= 15 is 0 Å². The summed E-state index contributed by atoms with van der Waals surface area (Å²) in [7, 11) is -0.715. The molecule has 0 spiro atoms. The topological polar surface area (TPSA) is 79.1 Å². The van der Waals surface area contributed by atoms with Crippen LogP contribution >= 0.6 is 24.0 Å². The highest BCUT2D eigenvalue weighted by molar-refractivity contribution is 14.0. The molecule has 1 saturated carbocycles. The summed E-state index contributed by atoms with van der Waals surface area (Å²) in [4.78, 5) is 7.22. The van der Waals surface area contributed by atoms with Crippen molar-refractivity contribution in [1.82, 2.24) is 15.5 Å². The summed E-state index contributed by atoms with van der Waals surface area (Å²) < 4.78 is 23.1. The Morgan fingerprint density at radius 3 is 2.90 bits per heavy atom. The molecule has 7 nitrogen and oxygen atoms in total. The maximum absolute atomic E-state index is 12.3. The number of nitrogens with one attached hydrogen (secondary N) is 2. The van der Waals surface area contributed by atoms with E-state index in [1.807, 2.05) is 19.1 Å². The maximum atomic E-state index is 12.3. The minimum Gasteiger partial charge on any atom is -0.469 e. The second kappa shape index (κ2) is 14.4. The lowest BCUT2D eigenvalue weighted by Crippen LogP contribution is -2.47. The van der Waals surface area contributed by atoms with Crippen molar-refractivity contribution in [2.75, 3.05) is 51.7 Å². The lowest BCUT2D eigenvalue weighted by Gasteiger charge is -2.30. The third-order valence-electron chi connectivity index (χ3n) is 5.66. The van der Waals surface area contributed by atoms with Gasteiger partial charge in [-0.1, -0.05) is 13.3 Å². The standard InChI is InChI=1S/C21H36N4O3S.HI/c1-2-29(26)20-7-3-5-18(17-20)24-21(22-9-8-19-6-4-14-28-19)23-10-11-25-12-15-27-16-13-25;/h4,6,14,18,20H,2-3,5,7-13,15-17H2,1H3,(H2,22,23,24);1H. The molecule has 0 radical (unpaired) electrons. The van der Waals surface area contributed by atoms with Crippen LogP contribution in [0.1, 0.15) is 38.4 Å². The van der Waals surface area contributed by atoms with Gasteiger partial charge in [0.15, 0.2) is 5.96 Å². The van der Waals surface area contributed by atoms with E-state index < -0.39 is 10.8 Å². The van der Waals surface area contributed by atoms with Crippen molar-refractivity contribution in [3.63, 3.8) is 0 Å². The molecule has 30 heavy (non-hydrogen) atoms. The van der Waals surface area contributed by atoms with Gasteiger partial charge in [0.25, 0.3) is 0 Å². The molecule has 2 fully saturated rings. The highest BCUT2D eigenvalue weighted by Crippen LogP contribution is 2.23. The number of morpholine rings is 1. The number of furan rings is 1. The van der Waals surface area contributed by atoms with Crippen molar-refractivity contribution in [2.45, 2.75) is 50.3 Å². The first kappa shape index (κ1) is 25.6. The largest absolute Gasteiger partial charge is 0.469 e. The Labute approximate surface area is 200 Å². The Morgan fingerprint density at radius 1 is 1.33 bits per heavy atom. The molecule has 1 aromatic heterocycles. The molecule has 1 aliphatic heterocycles. The Bertz CT molecular complexity index is 638. The first-order valence-corrected chi connectivity index (χ1v) is 12.4. The van der Waals surface area contributed by atoms with E-state index in [2.05, 4.69) is 15.5 Å². The second-order valence-corrected chi connectivity index (χ2v) is 9.75. The first-order chi connectivity index (χ1) is 14.2. The van der Waals surface area contributed by atoms with Crippen molar-refractivity contribution in [3.8, 4) is 0 Å². The molecular formula is C21H37IN4O3S. The summed E-state index contributed by atoms with van der Waals surface area (Å²) in [5.41, 5.74) is 0. The molecular weight excluding hydrogens is 515 g/mol. The van der Waals surface area contributed by atoms with Crippen LogP contribution in [-0.2, 0) is 22.0 Å². The first-order valence-electron chi connectivity index (χ1n) is 11.0. The molecule has 0 aromatic carbocycles. The van der Waals surface area contributed by atoms with Gasteiger partial charge in [0.1, 0.15) is 5.76 Å².